The van der Waals surface area contributed by atoms with Gasteiger partial charge in [0.05, 0.1) is 10.5 Å². The molecule has 1 aliphatic rings. The Morgan fingerprint density at radius 2 is 1.77 bits per heavy atom. The second-order valence-corrected chi connectivity index (χ2v) is 6.74. The summed E-state index contributed by atoms with van der Waals surface area (Å²) in [6.45, 7) is 0. The Kier molecular flexibility index (Phi) is 5.56. The Morgan fingerprint density at radius 3 is 2.46 bits per heavy atom. The van der Waals surface area contributed by atoms with Crippen LogP contribution in [0.4, 0.5) is 5.69 Å². The zero-order chi connectivity index (χ0) is 18.5. The van der Waals surface area contributed by atoms with E-state index < -0.39 is 4.92 Å². The first kappa shape index (κ1) is 18.0. The van der Waals surface area contributed by atoms with Gasteiger partial charge in [0.25, 0.3) is 5.69 Å². The van der Waals surface area contributed by atoms with Gasteiger partial charge >= 0.3 is 0 Å². The molecule has 1 saturated carbocycles. The van der Waals surface area contributed by atoms with Gasteiger partial charge in [0.15, 0.2) is 5.78 Å². The summed E-state index contributed by atoms with van der Waals surface area (Å²) < 4.78 is 0. The molecule has 134 valence electrons. The van der Waals surface area contributed by atoms with E-state index in [4.69, 9.17) is 0 Å². The first-order valence-electron chi connectivity index (χ1n) is 8.92. The Morgan fingerprint density at radius 1 is 1.08 bits per heavy atom. The van der Waals surface area contributed by atoms with Crippen LogP contribution < -0.4 is 0 Å². The summed E-state index contributed by atoms with van der Waals surface area (Å²) in [4.78, 5) is 36.1. The van der Waals surface area contributed by atoms with Crippen molar-refractivity contribution in [3.63, 3.8) is 0 Å². The largest absolute Gasteiger partial charge is 0.299 e. The molecule has 1 fully saturated rings. The van der Waals surface area contributed by atoms with Crippen molar-refractivity contribution in [2.24, 2.45) is 5.92 Å². The topological polar surface area (TPSA) is 77.3 Å². The molecule has 5 heteroatoms. The van der Waals surface area contributed by atoms with Gasteiger partial charge < -0.3 is 0 Å². The summed E-state index contributed by atoms with van der Waals surface area (Å²) in [6, 6.07) is 15.6. The fourth-order valence-corrected chi connectivity index (χ4v) is 3.81. The van der Waals surface area contributed by atoms with Crippen molar-refractivity contribution >= 4 is 17.3 Å². The number of ketones is 2. The summed E-state index contributed by atoms with van der Waals surface area (Å²) in [6.07, 6.45) is 3.29. The van der Waals surface area contributed by atoms with Gasteiger partial charge in [-0.2, -0.15) is 0 Å². The SMILES string of the molecule is O=C(CC(c1ccccc1)C1CCCCC1=O)c1ccccc1[N+](=O)[O-]. The molecule has 5 nitrogen and oxygen atoms in total. The molecule has 0 heterocycles. The van der Waals surface area contributed by atoms with E-state index in [2.05, 4.69) is 0 Å². The minimum absolute atomic E-state index is 0.102. The number of carbonyl (C=O) groups is 2. The van der Waals surface area contributed by atoms with E-state index >= 15 is 0 Å². The van der Waals surface area contributed by atoms with Crippen LogP contribution in [0.5, 0.6) is 0 Å². The lowest BCUT2D eigenvalue weighted by molar-refractivity contribution is -0.385. The van der Waals surface area contributed by atoms with Gasteiger partial charge in [-0.15, -0.1) is 0 Å². The molecule has 0 aromatic heterocycles. The minimum atomic E-state index is -0.531. The lowest BCUT2D eigenvalue weighted by atomic mass is 9.73. The third kappa shape index (κ3) is 3.87. The summed E-state index contributed by atoms with van der Waals surface area (Å²) >= 11 is 0. The first-order valence-corrected chi connectivity index (χ1v) is 8.92. The number of nitro benzene ring substituents is 1. The maximum Gasteiger partial charge on any atom is 0.280 e. The van der Waals surface area contributed by atoms with Gasteiger partial charge in [-0.05, 0) is 24.5 Å². The van der Waals surface area contributed by atoms with E-state index in [1.54, 1.807) is 12.1 Å². The highest BCUT2D eigenvalue weighted by molar-refractivity contribution is 6.00. The second kappa shape index (κ2) is 8.04. The van der Waals surface area contributed by atoms with Gasteiger partial charge in [0.2, 0.25) is 0 Å². The smallest absolute Gasteiger partial charge is 0.280 e. The predicted molar refractivity (Wildman–Crippen MR) is 98.2 cm³/mol. The zero-order valence-electron chi connectivity index (χ0n) is 14.5. The summed E-state index contributed by atoms with van der Waals surface area (Å²) in [5.41, 5.74) is 0.876. The molecular weight excluding hydrogens is 330 g/mol. The Labute approximate surface area is 152 Å². The van der Waals surface area contributed by atoms with Crippen LogP contribution >= 0.6 is 0 Å². The van der Waals surface area contributed by atoms with Gasteiger partial charge in [-0.1, -0.05) is 48.9 Å². The van der Waals surface area contributed by atoms with E-state index in [9.17, 15) is 19.7 Å². The lowest BCUT2D eigenvalue weighted by Gasteiger charge is -2.29. The third-order valence-corrected chi connectivity index (χ3v) is 5.12. The van der Waals surface area contributed by atoms with Crippen LogP contribution in [0.3, 0.4) is 0 Å². The monoisotopic (exact) mass is 351 g/mol. The van der Waals surface area contributed by atoms with Crippen LogP contribution in [-0.2, 0) is 4.79 Å². The fraction of sp³-hybridized carbons (Fsp3) is 0.333. The van der Waals surface area contributed by atoms with Crippen molar-refractivity contribution in [1.29, 1.82) is 0 Å². The molecule has 0 saturated heterocycles. The van der Waals surface area contributed by atoms with Crippen LogP contribution in [0.15, 0.2) is 54.6 Å². The lowest BCUT2D eigenvalue weighted by Crippen LogP contribution is -2.27. The third-order valence-electron chi connectivity index (χ3n) is 5.12. The first-order chi connectivity index (χ1) is 12.6. The molecule has 1 aliphatic carbocycles. The highest BCUT2D eigenvalue weighted by Crippen LogP contribution is 2.37. The van der Waals surface area contributed by atoms with Gasteiger partial charge in [-0.3, -0.25) is 19.7 Å². The quantitative estimate of drug-likeness (QED) is 0.429. The molecule has 2 aromatic carbocycles. The zero-order valence-corrected chi connectivity index (χ0v) is 14.5. The Balaban J connectivity index is 1.92. The molecule has 0 spiro atoms. The standard InChI is InChI=1S/C21H21NO4/c23-20-13-7-5-10-16(20)18(15-8-2-1-3-9-15)14-21(24)17-11-4-6-12-19(17)22(25)26/h1-4,6,8-9,11-12,16,18H,5,7,10,13-14H2. The molecule has 3 rings (SSSR count). The minimum Gasteiger partial charge on any atom is -0.299 e. The maximum absolute atomic E-state index is 12.9. The number of nitro groups is 1. The number of hydrogen-bond donors (Lipinski definition) is 0. The van der Waals surface area contributed by atoms with Crippen LogP contribution in [0.2, 0.25) is 0 Å². The van der Waals surface area contributed by atoms with Crippen molar-refractivity contribution in [3.8, 4) is 0 Å². The van der Waals surface area contributed by atoms with Gasteiger partial charge in [-0.25, -0.2) is 0 Å². The molecule has 2 atom stereocenters. The number of carbonyl (C=O) groups excluding carboxylic acids is 2. The predicted octanol–water partition coefficient (Wildman–Crippen LogP) is 4.71. The summed E-state index contributed by atoms with van der Waals surface area (Å²) in [5.74, 6) is -0.529. The molecule has 0 N–H and O–H groups in total. The number of para-hydroxylation sites is 1. The van der Waals surface area contributed by atoms with Gasteiger partial charge in [0.1, 0.15) is 5.78 Å². The van der Waals surface area contributed by atoms with Gasteiger partial charge in [0, 0.05) is 30.7 Å². The molecule has 0 radical (unpaired) electrons. The van der Waals surface area contributed by atoms with Crippen molar-refractivity contribution in [2.75, 3.05) is 0 Å². The van der Waals surface area contributed by atoms with Crippen LogP contribution in [-0.4, -0.2) is 16.5 Å². The van der Waals surface area contributed by atoms with Crippen LogP contribution in [0.25, 0.3) is 0 Å². The molecule has 2 aromatic rings. The molecular formula is C21H21NO4. The van der Waals surface area contributed by atoms with Crippen molar-refractivity contribution in [1.82, 2.24) is 0 Å². The van der Waals surface area contributed by atoms with Crippen molar-refractivity contribution in [2.45, 2.75) is 38.0 Å². The highest BCUT2D eigenvalue weighted by Gasteiger charge is 2.33. The van der Waals surface area contributed by atoms with E-state index in [0.29, 0.717) is 6.42 Å². The van der Waals surface area contributed by atoms with Crippen molar-refractivity contribution in [3.05, 3.63) is 75.8 Å². The average Bonchev–Trinajstić information content (AvgIpc) is 2.67. The maximum atomic E-state index is 12.9. The summed E-state index contributed by atoms with van der Waals surface area (Å²) in [5, 5.41) is 11.2. The summed E-state index contributed by atoms with van der Waals surface area (Å²) in [7, 11) is 0. The molecule has 0 aliphatic heterocycles. The second-order valence-electron chi connectivity index (χ2n) is 6.74. The normalized spacial score (nSPS) is 18.3. The molecule has 2 unspecified atom stereocenters. The highest BCUT2D eigenvalue weighted by atomic mass is 16.6. The average molecular weight is 351 g/mol. The number of nitrogens with zero attached hydrogens (tertiary/aromatic N) is 1. The van der Waals surface area contributed by atoms with E-state index in [-0.39, 0.29) is 41.1 Å². The number of hydrogen-bond acceptors (Lipinski definition) is 4. The van der Waals surface area contributed by atoms with Crippen molar-refractivity contribution < 1.29 is 14.5 Å². The van der Waals surface area contributed by atoms with Crippen LogP contribution in [0.1, 0.15) is 53.9 Å². The van der Waals surface area contributed by atoms with E-state index in [1.165, 1.54) is 12.1 Å². The Bertz CT molecular complexity index is 816. The number of benzene rings is 2. The fourth-order valence-electron chi connectivity index (χ4n) is 3.81. The van der Waals surface area contributed by atoms with E-state index in [1.807, 2.05) is 30.3 Å². The number of rotatable bonds is 6. The van der Waals surface area contributed by atoms with Crippen LogP contribution in [0, 0.1) is 16.0 Å². The molecule has 26 heavy (non-hydrogen) atoms. The number of Topliss-reactive ketones (excluding diaryl/α,β-unsaturated/α-hetero) is 2. The van der Waals surface area contributed by atoms with E-state index in [0.717, 1.165) is 24.8 Å². The molecule has 0 bridgehead atoms. The molecule has 0 amide bonds. The Hall–Kier alpha value is -2.82.